The molecule has 1 saturated heterocycles. The quantitative estimate of drug-likeness (QED) is 0.172. The van der Waals surface area contributed by atoms with Crippen molar-refractivity contribution in [3.63, 3.8) is 0 Å². The predicted molar refractivity (Wildman–Crippen MR) is 168 cm³/mol. The predicted octanol–water partition coefficient (Wildman–Crippen LogP) is 2.91. The van der Waals surface area contributed by atoms with Gasteiger partial charge in [-0.2, -0.15) is 0 Å². The SMILES string of the molecule is CC1(CO)CCC2(CO)CCC3(CO)C(=CCC4C5(C)CCC(OC6OC(CO)C(O)C(O)C6O)C(C)(C)C5CCC43C)C2C1. The summed E-state index contributed by atoms with van der Waals surface area (Å²) in [4.78, 5) is 0. The monoisotopic (exact) mass is 636 g/mol. The van der Waals surface area contributed by atoms with Crippen LogP contribution in [0.2, 0.25) is 0 Å². The summed E-state index contributed by atoms with van der Waals surface area (Å²) in [7, 11) is 0. The molecule has 0 aromatic rings. The molecule has 9 heteroatoms. The second kappa shape index (κ2) is 11.5. The minimum absolute atomic E-state index is 0.0202. The third kappa shape index (κ3) is 4.73. The van der Waals surface area contributed by atoms with Gasteiger partial charge in [-0.15, -0.1) is 0 Å². The first-order valence-corrected chi connectivity index (χ1v) is 17.6. The van der Waals surface area contributed by atoms with Gasteiger partial charge in [0.25, 0.3) is 0 Å². The van der Waals surface area contributed by atoms with Crippen LogP contribution in [0.25, 0.3) is 0 Å². The Morgan fingerprint density at radius 2 is 1.49 bits per heavy atom. The van der Waals surface area contributed by atoms with Gasteiger partial charge >= 0.3 is 0 Å². The van der Waals surface area contributed by atoms with E-state index in [0.29, 0.717) is 11.8 Å². The molecule has 258 valence electrons. The summed E-state index contributed by atoms with van der Waals surface area (Å²) in [5, 5.41) is 73.7. The molecule has 0 aromatic carbocycles. The number of aliphatic hydroxyl groups excluding tert-OH is 7. The number of aliphatic hydroxyl groups is 7. The average molecular weight is 637 g/mol. The Hall–Kier alpha value is -0.620. The van der Waals surface area contributed by atoms with Crippen molar-refractivity contribution in [2.75, 3.05) is 26.4 Å². The first-order chi connectivity index (χ1) is 21.1. The Morgan fingerprint density at radius 1 is 0.778 bits per heavy atom. The fourth-order valence-electron chi connectivity index (χ4n) is 12.4. The van der Waals surface area contributed by atoms with Gasteiger partial charge in [0.1, 0.15) is 24.4 Å². The summed E-state index contributed by atoms with van der Waals surface area (Å²) in [6.07, 6.45) is 4.76. The van der Waals surface area contributed by atoms with Crippen LogP contribution in [0, 0.1) is 50.2 Å². The molecule has 14 atom stereocenters. The summed E-state index contributed by atoms with van der Waals surface area (Å²) < 4.78 is 12.2. The third-order valence-corrected chi connectivity index (χ3v) is 15.4. The lowest BCUT2D eigenvalue weighted by molar-refractivity contribution is -0.330. The maximum absolute atomic E-state index is 11.5. The van der Waals surface area contributed by atoms with Crippen molar-refractivity contribution in [3.8, 4) is 0 Å². The van der Waals surface area contributed by atoms with E-state index in [9.17, 15) is 35.7 Å². The fourth-order valence-corrected chi connectivity index (χ4v) is 12.4. The van der Waals surface area contributed by atoms with Crippen LogP contribution < -0.4 is 0 Å². The minimum atomic E-state index is -1.47. The van der Waals surface area contributed by atoms with Gasteiger partial charge in [-0.3, -0.25) is 0 Å². The molecule has 5 aliphatic carbocycles. The summed E-state index contributed by atoms with van der Waals surface area (Å²) in [5.41, 5.74) is 0.229. The van der Waals surface area contributed by atoms with Gasteiger partial charge in [0.05, 0.1) is 19.3 Å². The van der Waals surface area contributed by atoms with Crippen LogP contribution in [0.3, 0.4) is 0 Å². The van der Waals surface area contributed by atoms with Crippen LogP contribution in [0.5, 0.6) is 0 Å². The van der Waals surface area contributed by atoms with Crippen LogP contribution in [0.1, 0.15) is 98.8 Å². The number of fused-ring (bicyclic) bond motifs is 7. The molecule has 9 nitrogen and oxygen atoms in total. The van der Waals surface area contributed by atoms with Crippen LogP contribution in [0.4, 0.5) is 0 Å². The van der Waals surface area contributed by atoms with Gasteiger partial charge in [-0.05, 0) is 104 Å². The zero-order chi connectivity index (χ0) is 32.8. The smallest absolute Gasteiger partial charge is 0.186 e. The van der Waals surface area contributed by atoms with Gasteiger partial charge in [0.15, 0.2) is 6.29 Å². The lowest BCUT2D eigenvalue weighted by Crippen LogP contribution is -2.67. The van der Waals surface area contributed by atoms with Crippen molar-refractivity contribution in [1.82, 2.24) is 0 Å². The van der Waals surface area contributed by atoms with Gasteiger partial charge in [-0.1, -0.05) is 46.3 Å². The highest BCUT2D eigenvalue weighted by atomic mass is 16.7. The van der Waals surface area contributed by atoms with Crippen molar-refractivity contribution >= 4 is 0 Å². The maximum Gasteiger partial charge on any atom is 0.186 e. The number of hydrogen-bond donors (Lipinski definition) is 7. The third-order valence-electron chi connectivity index (χ3n) is 15.4. The number of allylic oxidation sites excluding steroid dienone is 1. The first kappa shape index (κ1) is 34.3. The van der Waals surface area contributed by atoms with Crippen molar-refractivity contribution in [1.29, 1.82) is 0 Å². The average Bonchev–Trinajstić information content (AvgIpc) is 3.02. The largest absolute Gasteiger partial charge is 0.396 e. The number of hydrogen-bond acceptors (Lipinski definition) is 9. The molecule has 0 aromatic heterocycles. The Bertz CT molecular complexity index is 1140. The molecule has 0 radical (unpaired) electrons. The van der Waals surface area contributed by atoms with E-state index < -0.39 is 37.3 Å². The molecule has 6 aliphatic rings. The van der Waals surface area contributed by atoms with E-state index in [1.165, 1.54) is 5.57 Å². The molecule has 1 aliphatic heterocycles. The molecule has 7 N–H and O–H groups in total. The van der Waals surface area contributed by atoms with Gasteiger partial charge in [0.2, 0.25) is 0 Å². The Balaban J connectivity index is 1.30. The topological polar surface area (TPSA) is 160 Å². The van der Waals surface area contributed by atoms with Crippen LogP contribution >= 0.6 is 0 Å². The van der Waals surface area contributed by atoms with Crippen LogP contribution in [-0.2, 0) is 9.47 Å². The molecule has 1 heterocycles. The second-order valence-electron chi connectivity index (χ2n) is 17.6. The molecule has 45 heavy (non-hydrogen) atoms. The van der Waals surface area contributed by atoms with E-state index in [1.54, 1.807) is 0 Å². The van der Waals surface area contributed by atoms with E-state index in [-0.39, 0.29) is 64.3 Å². The number of rotatable bonds is 6. The van der Waals surface area contributed by atoms with Crippen molar-refractivity contribution in [2.45, 2.75) is 136 Å². The van der Waals surface area contributed by atoms with Gasteiger partial charge < -0.3 is 45.2 Å². The van der Waals surface area contributed by atoms with Gasteiger partial charge in [0, 0.05) is 24.0 Å². The zero-order valence-corrected chi connectivity index (χ0v) is 28.1. The zero-order valence-electron chi connectivity index (χ0n) is 28.1. The van der Waals surface area contributed by atoms with Gasteiger partial charge in [-0.25, -0.2) is 0 Å². The highest BCUT2D eigenvalue weighted by molar-refractivity contribution is 5.35. The molecular formula is C36H60O9. The molecule has 0 bridgehead atoms. The Morgan fingerprint density at radius 3 is 2.13 bits per heavy atom. The van der Waals surface area contributed by atoms with E-state index in [1.807, 2.05) is 0 Å². The van der Waals surface area contributed by atoms with E-state index in [2.05, 4.69) is 40.7 Å². The molecule has 6 rings (SSSR count). The van der Waals surface area contributed by atoms with E-state index in [4.69, 9.17) is 9.47 Å². The molecular weight excluding hydrogens is 576 g/mol. The van der Waals surface area contributed by atoms with Crippen molar-refractivity contribution in [3.05, 3.63) is 11.6 Å². The molecule has 14 unspecified atom stereocenters. The Kier molecular flexibility index (Phi) is 8.74. The lowest BCUT2D eigenvalue weighted by Gasteiger charge is -2.72. The fraction of sp³-hybridized carbons (Fsp3) is 0.944. The summed E-state index contributed by atoms with van der Waals surface area (Å²) >= 11 is 0. The minimum Gasteiger partial charge on any atom is -0.396 e. The standard InChI is InChI=1S/C36H60O9/c1-31(2)24-8-11-34(5)25(33(24,4)10-9-26(31)45-30-29(43)28(42)27(41)23(17-37)44-30)7-6-21-22-16-32(3,18-38)12-13-35(22,19-39)14-15-36(21,34)20-40/h6,22-30,37-43H,7-20H2,1-5H3. The number of ether oxygens (including phenoxy) is 2. The van der Waals surface area contributed by atoms with E-state index in [0.717, 1.165) is 64.2 Å². The highest BCUT2D eigenvalue weighted by Gasteiger charge is 2.70. The summed E-state index contributed by atoms with van der Waals surface area (Å²) in [6, 6.07) is 0. The molecule has 0 spiro atoms. The Labute approximate surface area is 269 Å². The molecule has 4 saturated carbocycles. The second-order valence-corrected chi connectivity index (χ2v) is 17.6. The highest BCUT2D eigenvalue weighted by Crippen LogP contribution is 2.75. The summed E-state index contributed by atoms with van der Waals surface area (Å²) in [6.45, 7) is 11.5. The summed E-state index contributed by atoms with van der Waals surface area (Å²) in [5.74, 6) is 0.822. The van der Waals surface area contributed by atoms with Crippen LogP contribution in [-0.4, -0.2) is 99.0 Å². The molecule has 0 amide bonds. The van der Waals surface area contributed by atoms with Crippen molar-refractivity contribution < 1.29 is 45.2 Å². The normalized spacial score (nSPS) is 54.2. The van der Waals surface area contributed by atoms with E-state index >= 15 is 0 Å². The maximum atomic E-state index is 11.5. The van der Waals surface area contributed by atoms with Crippen LogP contribution in [0.15, 0.2) is 11.6 Å². The first-order valence-electron chi connectivity index (χ1n) is 17.6. The lowest BCUT2D eigenvalue weighted by atomic mass is 9.33. The van der Waals surface area contributed by atoms with Crippen molar-refractivity contribution in [2.24, 2.45) is 50.2 Å². The molecule has 5 fully saturated rings.